The predicted octanol–water partition coefficient (Wildman–Crippen LogP) is 3.48. The quantitative estimate of drug-likeness (QED) is 0.593. The maximum absolute atomic E-state index is 12.9. The Bertz CT molecular complexity index is 1040. The van der Waals surface area contributed by atoms with Crippen molar-refractivity contribution in [3.63, 3.8) is 0 Å². The van der Waals surface area contributed by atoms with Gasteiger partial charge in [0.15, 0.2) is 0 Å². The van der Waals surface area contributed by atoms with Crippen molar-refractivity contribution in [2.45, 2.75) is 38.6 Å². The fraction of sp³-hybridized carbons (Fsp3) is 0.286. The maximum atomic E-state index is 12.9. The number of fused-ring (bicyclic) bond motifs is 2. The molecule has 0 fully saturated rings. The monoisotopic (exact) mass is 329 g/mol. The van der Waals surface area contributed by atoms with Crippen molar-refractivity contribution in [1.29, 1.82) is 0 Å². The van der Waals surface area contributed by atoms with Crippen LogP contribution in [0.5, 0.6) is 0 Å². The molecule has 1 aliphatic heterocycles. The fourth-order valence-electron chi connectivity index (χ4n) is 3.38. The number of rotatable bonds is 0. The van der Waals surface area contributed by atoms with E-state index in [9.17, 15) is 4.79 Å². The molecule has 1 aliphatic rings. The van der Waals surface area contributed by atoms with Gasteiger partial charge in [-0.05, 0) is 56.0 Å². The minimum atomic E-state index is 0.0682. The van der Waals surface area contributed by atoms with Crippen LogP contribution >= 0.6 is 0 Å². The summed E-state index contributed by atoms with van der Waals surface area (Å²) in [6.07, 6.45) is 5.85. The van der Waals surface area contributed by atoms with Gasteiger partial charge in [0.1, 0.15) is 11.5 Å². The second-order valence-corrected chi connectivity index (χ2v) is 6.49. The lowest BCUT2D eigenvalue weighted by Gasteiger charge is -2.16. The van der Waals surface area contributed by atoms with Crippen molar-refractivity contribution in [3.05, 3.63) is 70.0 Å². The van der Waals surface area contributed by atoms with Crippen LogP contribution in [0.4, 0.5) is 0 Å². The van der Waals surface area contributed by atoms with E-state index in [4.69, 9.17) is 4.98 Å². The van der Waals surface area contributed by atoms with Gasteiger partial charge >= 0.3 is 0 Å². The highest BCUT2D eigenvalue weighted by atomic mass is 16.1. The van der Waals surface area contributed by atoms with Gasteiger partial charge in [0.25, 0.3) is 5.56 Å². The van der Waals surface area contributed by atoms with E-state index in [-0.39, 0.29) is 11.6 Å². The number of aromatic nitrogens is 3. The molecule has 3 aromatic rings. The first-order chi connectivity index (χ1) is 12.2. The van der Waals surface area contributed by atoms with Crippen molar-refractivity contribution in [2.75, 3.05) is 0 Å². The molecule has 1 aromatic carbocycles. The van der Waals surface area contributed by atoms with Crippen LogP contribution in [0.1, 0.15) is 49.3 Å². The molecule has 0 saturated heterocycles. The summed E-state index contributed by atoms with van der Waals surface area (Å²) in [5.41, 5.74) is 2.37. The summed E-state index contributed by atoms with van der Waals surface area (Å²) in [4.78, 5) is 21.9. The van der Waals surface area contributed by atoms with Crippen LogP contribution in [0, 0.1) is 11.8 Å². The largest absolute Gasteiger partial charge is 0.293 e. The lowest BCUT2D eigenvalue weighted by atomic mass is 10.1. The number of pyridine rings is 1. The van der Waals surface area contributed by atoms with Crippen molar-refractivity contribution in [1.82, 2.24) is 14.5 Å². The van der Waals surface area contributed by atoms with Gasteiger partial charge in [-0.2, -0.15) is 0 Å². The Morgan fingerprint density at radius 3 is 2.92 bits per heavy atom. The molecular weight excluding hydrogens is 310 g/mol. The van der Waals surface area contributed by atoms with E-state index in [0.29, 0.717) is 5.39 Å². The Labute approximate surface area is 146 Å². The highest BCUT2D eigenvalue weighted by Gasteiger charge is 2.18. The summed E-state index contributed by atoms with van der Waals surface area (Å²) in [6, 6.07) is 11.5. The number of hydrogen-bond acceptors (Lipinski definition) is 3. The Balaban J connectivity index is 1.81. The van der Waals surface area contributed by atoms with Gasteiger partial charge in [0.2, 0.25) is 0 Å². The standard InChI is InChI=1S/C21H19N3O/c1-15-6-2-3-8-20-23-19-14-16(9-11-17-7-4-5-13-22-17)10-12-18(19)21(25)24(15)20/h4-5,7,10,12-15H,2-3,6,8H2,1H3/t15-/m1/s1. The van der Waals surface area contributed by atoms with Crippen molar-refractivity contribution < 1.29 is 0 Å². The zero-order chi connectivity index (χ0) is 17.2. The number of benzene rings is 1. The maximum Gasteiger partial charge on any atom is 0.261 e. The van der Waals surface area contributed by atoms with Crippen LogP contribution in [0.25, 0.3) is 10.9 Å². The molecule has 0 spiro atoms. The smallest absolute Gasteiger partial charge is 0.261 e. The molecule has 1 atom stereocenters. The molecule has 3 heterocycles. The first-order valence-electron chi connectivity index (χ1n) is 8.70. The molecule has 0 bridgehead atoms. The zero-order valence-electron chi connectivity index (χ0n) is 14.2. The van der Waals surface area contributed by atoms with Gasteiger partial charge in [-0.3, -0.25) is 9.36 Å². The molecule has 25 heavy (non-hydrogen) atoms. The van der Waals surface area contributed by atoms with Crippen molar-refractivity contribution in [3.8, 4) is 11.8 Å². The molecular formula is C21H19N3O. The topological polar surface area (TPSA) is 47.8 Å². The van der Waals surface area contributed by atoms with Gasteiger partial charge < -0.3 is 0 Å². The minimum Gasteiger partial charge on any atom is -0.293 e. The molecule has 0 unspecified atom stereocenters. The summed E-state index contributed by atoms with van der Waals surface area (Å²) in [6.45, 7) is 2.11. The summed E-state index contributed by atoms with van der Waals surface area (Å²) >= 11 is 0. The Morgan fingerprint density at radius 2 is 2.08 bits per heavy atom. The predicted molar refractivity (Wildman–Crippen MR) is 98.5 cm³/mol. The molecule has 0 N–H and O–H groups in total. The van der Waals surface area contributed by atoms with E-state index in [2.05, 4.69) is 23.7 Å². The van der Waals surface area contributed by atoms with E-state index in [0.717, 1.165) is 48.3 Å². The molecule has 0 radical (unpaired) electrons. The molecule has 0 amide bonds. The van der Waals surface area contributed by atoms with Crippen molar-refractivity contribution >= 4 is 10.9 Å². The van der Waals surface area contributed by atoms with Gasteiger partial charge in [-0.1, -0.05) is 18.4 Å². The average Bonchev–Trinajstić information content (AvgIpc) is 2.82. The molecule has 2 aromatic heterocycles. The first kappa shape index (κ1) is 15.6. The van der Waals surface area contributed by atoms with Crippen LogP contribution in [0.3, 0.4) is 0 Å². The first-order valence-corrected chi connectivity index (χ1v) is 8.70. The third kappa shape index (κ3) is 3.06. The second-order valence-electron chi connectivity index (χ2n) is 6.49. The SMILES string of the molecule is C[C@@H]1CCCCc2nc3cc(C#Cc4ccccn4)ccc3c(=O)n21. The fourth-order valence-corrected chi connectivity index (χ4v) is 3.38. The molecule has 0 saturated carbocycles. The van der Waals surface area contributed by atoms with Gasteiger partial charge in [-0.25, -0.2) is 9.97 Å². The van der Waals surface area contributed by atoms with E-state index < -0.39 is 0 Å². The Morgan fingerprint density at radius 1 is 1.16 bits per heavy atom. The summed E-state index contributed by atoms with van der Waals surface area (Å²) < 4.78 is 1.88. The van der Waals surface area contributed by atoms with Crippen LogP contribution in [0.15, 0.2) is 47.4 Å². The summed E-state index contributed by atoms with van der Waals surface area (Å²) in [7, 11) is 0. The summed E-state index contributed by atoms with van der Waals surface area (Å²) in [5.74, 6) is 7.06. The van der Waals surface area contributed by atoms with Crippen LogP contribution in [-0.4, -0.2) is 14.5 Å². The van der Waals surface area contributed by atoms with Crippen molar-refractivity contribution in [2.24, 2.45) is 0 Å². The van der Waals surface area contributed by atoms with E-state index in [1.807, 2.05) is 41.0 Å². The Hall–Kier alpha value is -2.93. The molecule has 0 aliphatic carbocycles. The van der Waals surface area contributed by atoms with Gasteiger partial charge in [-0.15, -0.1) is 0 Å². The average molecular weight is 329 g/mol. The number of aryl methyl sites for hydroxylation is 1. The van der Waals surface area contributed by atoms with Crippen LogP contribution in [-0.2, 0) is 6.42 Å². The Kier molecular flexibility index (Phi) is 4.07. The van der Waals surface area contributed by atoms with Gasteiger partial charge in [0.05, 0.1) is 10.9 Å². The minimum absolute atomic E-state index is 0.0682. The highest BCUT2D eigenvalue weighted by molar-refractivity contribution is 5.79. The van der Waals surface area contributed by atoms with E-state index >= 15 is 0 Å². The van der Waals surface area contributed by atoms with Gasteiger partial charge in [0, 0.05) is 24.2 Å². The molecule has 124 valence electrons. The van der Waals surface area contributed by atoms with Crippen LogP contribution in [0.2, 0.25) is 0 Å². The molecule has 4 nitrogen and oxygen atoms in total. The van der Waals surface area contributed by atoms with Crippen LogP contribution < -0.4 is 5.56 Å². The molecule has 4 rings (SSSR count). The number of nitrogens with zero attached hydrogens (tertiary/aromatic N) is 3. The normalized spacial score (nSPS) is 16.6. The third-order valence-corrected chi connectivity index (χ3v) is 4.69. The summed E-state index contributed by atoms with van der Waals surface area (Å²) in [5, 5.41) is 0.667. The molecule has 4 heteroatoms. The lowest BCUT2D eigenvalue weighted by molar-refractivity contribution is 0.487. The third-order valence-electron chi connectivity index (χ3n) is 4.69. The van der Waals surface area contributed by atoms with E-state index in [1.165, 1.54) is 0 Å². The zero-order valence-corrected chi connectivity index (χ0v) is 14.2. The van der Waals surface area contributed by atoms with E-state index in [1.54, 1.807) is 6.20 Å². The highest BCUT2D eigenvalue weighted by Crippen LogP contribution is 2.22. The lowest BCUT2D eigenvalue weighted by Crippen LogP contribution is -2.27. The number of hydrogen-bond donors (Lipinski definition) is 0. The second kappa shape index (κ2) is 6.52.